The molecule has 29 heavy (non-hydrogen) atoms. The van der Waals surface area contributed by atoms with Crippen LogP contribution in [-0.2, 0) is 9.59 Å². The van der Waals surface area contributed by atoms with Gasteiger partial charge in [-0.15, -0.1) is 0 Å². The van der Waals surface area contributed by atoms with Crippen molar-refractivity contribution in [1.82, 2.24) is 5.32 Å². The van der Waals surface area contributed by atoms with Crippen LogP contribution in [0.2, 0.25) is 0 Å². The van der Waals surface area contributed by atoms with Crippen LogP contribution in [0.3, 0.4) is 0 Å². The number of hydrogen-bond donors (Lipinski definition) is 1. The van der Waals surface area contributed by atoms with E-state index < -0.39 is 5.54 Å². The first-order valence-corrected chi connectivity index (χ1v) is 10.1. The first-order valence-electron chi connectivity index (χ1n) is 10.1. The van der Waals surface area contributed by atoms with Crippen molar-refractivity contribution < 1.29 is 14.3 Å². The van der Waals surface area contributed by atoms with Crippen molar-refractivity contribution >= 4 is 23.6 Å². The monoisotopic (exact) mass is 390 g/mol. The minimum Gasteiger partial charge on any atom is -0.497 e. The van der Waals surface area contributed by atoms with Gasteiger partial charge in [0.2, 0.25) is 5.91 Å². The molecule has 0 spiro atoms. The minimum atomic E-state index is -1.01. The molecule has 2 aromatic rings. The third-order valence-corrected chi connectivity index (χ3v) is 5.83. The van der Waals surface area contributed by atoms with E-state index in [1.54, 1.807) is 12.0 Å². The van der Waals surface area contributed by atoms with Crippen LogP contribution >= 0.6 is 0 Å². The van der Waals surface area contributed by atoms with Gasteiger partial charge in [-0.25, -0.2) is 0 Å². The third kappa shape index (κ3) is 3.77. The average molecular weight is 390 g/mol. The van der Waals surface area contributed by atoms with Gasteiger partial charge < -0.3 is 10.1 Å². The van der Waals surface area contributed by atoms with Crippen molar-refractivity contribution in [2.75, 3.05) is 12.0 Å². The molecule has 5 heteroatoms. The largest absolute Gasteiger partial charge is 0.497 e. The summed E-state index contributed by atoms with van der Waals surface area (Å²) in [5.74, 6) is 0.545. The van der Waals surface area contributed by atoms with Crippen molar-refractivity contribution in [1.29, 1.82) is 0 Å². The van der Waals surface area contributed by atoms with Crippen LogP contribution in [-0.4, -0.2) is 30.5 Å². The van der Waals surface area contributed by atoms with E-state index in [2.05, 4.69) is 5.32 Å². The van der Waals surface area contributed by atoms with Gasteiger partial charge in [0.25, 0.3) is 5.91 Å². The van der Waals surface area contributed by atoms with E-state index in [-0.39, 0.29) is 24.3 Å². The van der Waals surface area contributed by atoms with Gasteiger partial charge in [-0.3, -0.25) is 14.5 Å². The fraction of sp³-hybridized carbons (Fsp3) is 0.333. The molecular weight excluding hydrogens is 364 g/mol. The molecule has 1 aliphatic carbocycles. The second-order valence-electron chi connectivity index (χ2n) is 7.73. The van der Waals surface area contributed by atoms with Gasteiger partial charge in [-0.1, -0.05) is 49.2 Å². The summed E-state index contributed by atoms with van der Waals surface area (Å²) in [5.41, 5.74) is 0.681. The topological polar surface area (TPSA) is 58.6 Å². The standard InChI is InChI=1S/C24H26N2O3/c1-29-21-13-11-20(12-14-21)26-22(27)17-24(26,16-15-18-7-3-2-4-8-18)23(28)25-19-9-5-6-10-19/h2-4,7-8,11-16,19H,5-6,9-10,17H2,1H3,(H,25,28)/b16-15+/t24-/m1/s1. The Morgan fingerprint density at radius 1 is 1.10 bits per heavy atom. The molecule has 150 valence electrons. The number of nitrogens with zero attached hydrogens (tertiary/aromatic N) is 1. The molecule has 0 aromatic heterocycles. The quantitative estimate of drug-likeness (QED) is 0.760. The second kappa shape index (κ2) is 8.11. The van der Waals surface area contributed by atoms with E-state index in [1.807, 2.05) is 66.7 Å². The Labute approximate surface area is 171 Å². The summed E-state index contributed by atoms with van der Waals surface area (Å²) < 4.78 is 5.22. The molecule has 0 unspecified atom stereocenters. The maximum atomic E-state index is 13.4. The maximum absolute atomic E-state index is 13.4. The average Bonchev–Trinajstić information content (AvgIpc) is 3.25. The summed E-state index contributed by atoms with van der Waals surface area (Å²) >= 11 is 0. The summed E-state index contributed by atoms with van der Waals surface area (Å²) in [6.45, 7) is 0. The van der Waals surface area contributed by atoms with Crippen molar-refractivity contribution in [3.63, 3.8) is 0 Å². The zero-order chi connectivity index (χ0) is 20.3. The molecule has 4 rings (SSSR count). The number of methoxy groups -OCH3 is 1. The molecule has 0 radical (unpaired) electrons. The fourth-order valence-corrected chi connectivity index (χ4v) is 4.20. The third-order valence-electron chi connectivity index (χ3n) is 5.83. The molecule has 1 N–H and O–H groups in total. The molecule has 1 saturated heterocycles. The van der Waals surface area contributed by atoms with Crippen LogP contribution in [0.5, 0.6) is 5.75 Å². The van der Waals surface area contributed by atoms with E-state index in [4.69, 9.17) is 4.74 Å². The van der Waals surface area contributed by atoms with Crippen LogP contribution in [0.1, 0.15) is 37.7 Å². The Bertz CT molecular complexity index is 901. The smallest absolute Gasteiger partial charge is 0.251 e. The number of anilines is 1. The summed E-state index contributed by atoms with van der Waals surface area (Å²) in [7, 11) is 1.60. The SMILES string of the molecule is COc1ccc(N2C(=O)C[C@]2(/C=C/c2ccccc2)C(=O)NC2CCCC2)cc1. The van der Waals surface area contributed by atoms with Gasteiger partial charge >= 0.3 is 0 Å². The molecule has 5 nitrogen and oxygen atoms in total. The van der Waals surface area contributed by atoms with E-state index in [9.17, 15) is 9.59 Å². The van der Waals surface area contributed by atoms with Crippen LogP contribution in [0.25, 0.3) is 6.08 Å². The molecule has 1 aliphatic heterocycles. The highest BCUT2D eigenvalue weighted by Gasteiger charge is 2.56. The summed E-state index contributed by atoms with van der Waals surface area (Å²) in [4.78, 5) is 27.6. The van der Waals surface area contributed by atoms with Crippen LogP contribution in [0.4, 0.5) is 5.69 Å². The normalized spacial score (nSPS) is 22.0. The lowest BCUT2D eigenvalue weighted by molar-refractivity contribution is -0.137. The van der Waals surface area contributed by atoms with Crippen molar-refractivity contribution in [3.8, 4) is 5.75 Å². The van der Waals surface area contributed by atoms with Gasteiger partial charge in [-0.2, -0.15) is 0 Å². The summed E-state index contributed by atoms with van der Waals surface area (Å²) in [5, 5.41) is 3.19. The van der Waals surface area contributed by atoms with Crippen molar-refractivity contribution in [2.45, 2.75) is 43.7 Å². The molecule has 1 heterocycles. The first-order chi connectivity index (χ1) is 14.1. The number of rotatable bonds is 6. The second-order valence-corrected chi connectivity index (χ2v) is 7.73. The van der Waals surface area contributed by atoms with Crippen molar-refractivity contribution in [3.05, 3.63) is 66.2 Å². The van der Waals surface area contributed by atoms with Gasteiger partial charge in [0.15, 0.2) is 5.54 Å². The Hall–Kier alpha value is -3.08. The molecule has 1 saturated carbocycles. The number of β-lactam (4-membered cyclic amide) rings is 1. The molecule has 2 amide bonds. The Morgan fingerprint density at radius 2 is 1.79 bits per heavy atom. The Morgan fingerprint density at radius 3 is 2.41 bits per heavy atom. The summed E-state index contributed by atoms with van der Waals surface area (Å²) in [6, 6.07) is 17.3. The number of amides is 2. The lowest BCUT2D eigenvalue weighted by atomic mass is 9.80. The molecular formula is C24H26N2O3. The Balaban J connectivity index is 1.67. The molecule has 2 aliphatic rings. The number of nitrogens with one attached hydrogen (secondary N) is 1. The number of ether oxygens (including phenoxy) is 1. The first kappa shape index (κ1) is 19.2. The van der Waals surface area contributed by atoms with Gasteiger partial charge in [0.1, 0.15) is 5.75 Å². The number of hydrogen-bond acceptors (Lipinski definition) is 3. The summed E-state index contributed by atoms with van der Waals surface area (Å²) in [6.07, 6.45) is 8.25. The predicted octanol–water partition coefficient (Wildman–Crippen LogP) is 3.94. The van der Waals surface area contributed by atoms with E-state index in [0.29, 0.717) is 11.4 Å². The zero-order valence-electron chi connectivity index (χ0n) is 16.6. The number of carbonyl (C=O) groups excluding carboxylic acids is 2. The molecule has 1 atom stereocenters. The van der Waals surface area contributed by atoms with Gasteiger partial charge in [-0.05, 0) is 48.7 Å². The highest BCUT2D eigenvalue weighted by molar-refractivity contribution is 6.15. The molecule has 0 bridgehead atoms. The number of benzene rings is 2. The van der Waals surface area contributed by atoms with E-state index >= 15 is 0 Å². The van der Waals surface area contributed by atoms with Crippen LogP contribution < -0.4 is 15.0 Å². The minimum absolute atomic E-state index is 0.0607. The van der Waals surface area contributed by atoms with Crippen LogP contribution in [0.15, 0.2) is 60.7 Å². The molecule has 2 aromatic carbocycles. The zero-order valence-corrected chi connectivity index (χ0v) is 16.6. The molecule has 2 fully saturated rings. The fourth-order valence-electron chi connectivity index (χ4n) is 4.20. The van der Waals surface area contributed by atoms with Gasteiger partial charge in [0, 0.05) is 11.7 Å². The lowest BCUT2D eigenvalue weighted by Crippen LogP contribution is -2.70. The van der Waals surface area contributed by atoms with E-state index in [0.717, 1.165) is 31.2 Å². The van der Waals surface area contributed by atoms with Crippen molar-refractivity contribution in [2.24, 2.45) is 0 Å². The highest BCUT2D eigenvalue weighted by atomic mass is 16.5. The number of carbonyl (C=O) groups is 2. The maximum Gasteiger partial charge on any atom is 0.251 e. The highest BCUT2D eigenvalue weighted by Crippen LogP contribution is 2.40. The van der Waals surface area contributed by atoms with Crippen LogP contribution in [0, 0.1) is 0 Å². The predicted molar refractivity (Wildman–Crippen MR) is 114 cm³/mol. The van der Waals surface area contributed by atoms with E-state index in [1.165, 1.54) is 0 Å². The lowest BCUT2D eigenvalue weighted by Gasteiger charge is -2.49. The Kier molecular flexibility index (Phi) is 5.38. The van der Waals surface area contributed by atoms with Gasteiger partial charge in [0.05, 0.1) is 13.5 Å².